The summed E-state index contributed by atoms with van der Waals surface area (Å²) in [5.41, 5.74) is 0.0551. The monoisotopic (exact) mass is 195 g/mol. The number of anilines is 1. The van der Waals surface area contributed by atoms with Gasteiger partial charge in [-0.05, 0) is 5.41 Å². The summed E-state index contributed by atoms with van der Waals surface area (Å²) in [6, 6.07) is 0. The molecule has 0 radical (unpaired) electrons. The van der Waals surface area contributed by atoms with Gasteiger partial charge in [0.05, 0.1) is 0 Å². The second kappa shape index (κ2) is 3.82. The lowest BCUT2D eigenvalue weighted by Crippen LogP contribution is -2.26. The van der Waals surface area contributed by atoms with Gasteiger partial charge >= 0.3 is 0 Å². The van der Waals surface area contributed by atoms with Gasteiger partial charge in [-0.3, -0.25) is 4.79 Å². The van der Waals surface area contributed by atoms with Gasteiger partial charge in [0.25, 0.3) is 5.56 Å². The molecule has 1 aromatic heterocycles. The number of nitrogens with one attached hydrogen (secondary N) is 1. The van der Waals surface area contributed by atoms with Crippen LogP contribution in [0.15, 0.2) is 17.2 Å². The summed E-state index contributed by atoms with van der Waals surface area (Å²) in [6.45, 7) is 7.05. The fourth-order valence-corrected chi connectivity index (χ4v) is 0.968. The quantitative estimate of drug-likeness (QED) is 0.772. The van der Waals surface area contributed by atoms with Crippen LogP contribution >= 0.6 is 0 Å². The molecular formula is C10H17N3O. The highest BCUT2D eigenvalue weighted by Crippen LogP contribution is 2.12. The Kier molecular flexibility index (Phi) is 2.93. The smallest absolute Gasteiger partial charge is 0.293 e. The summed E-state index contributed by atoms with van der Waals surface area (Å²) in [7, 11) is 1.71. The predicted molar refractivity (Wildman–Crippen MR) is 57.4 cm³/mol. The minimum absolute atomic E-state index is 0.0863. The van der Waals surface area contributed by atoms with Gasteiger partial charge in [0, 0.05) is 26.0 Å². The third-order valence-electron chi connectivity index (χ3n) is 1.80. The Labute approximate surface area is 84.0 Å². The molecule has 1 heterocycles. The van der Waals surface area contributed by atoms with Crippen LogP contribution in [0.25, 0.3) is 0 Å². The average Bonchev–Trinajstić information content (AvgIpc) is 2.06. The maximum atomic E-state index is 11.5. The van der Waals surface area contributed by atoms with Gasteiger partial charge in [-0.2, -0.15) is 0 Å². The van der Waals surface area contributed by atoms with Crippen molar-refractivity contribution < 1.29 is 0 Å². The highest BCUT2D eigenvalue weighted by Gasteiger charge is 2.11. The SMILES string of the molecule is Cn1ccnc(NCC(C)(C)C)c1=O. The second-order valence-electron chi connectivity index (χ2n) is 4.61. The molecule has 0 aromatic carbocycles. The minimum Gasteiger partial charge on any atom is -0.365 e. The lowest BCUT2D eigenvalue weighted by atomic mass is 9.97. The summed E-state index contributed by atoms with van der Waals surface area (Å²) >= 11 is 0. The molecule has 0 aliphatic rings. The van der Waals surface area contributed by atoms with Crippen molar-refractivity contribution in [2.75, 3.05) is 11.9 Å². The molecule has 0 saturated carbocycles. The van der Waals surface area contributed by atoms with Crippen LogP contribution in [-0.4, -0.2) is 16.1 Å². The Morgan fingerprint density at radius 2 is 2.14 bits per heavy atom. The van der Waals surface area contributed by atoms with Crippen molar-refractivity contribution in [2.45, 2.75) is 20.8 Å². The third-order valence-corrected chi connectivity index (χ3v) is 1.80. The van der Waals surface area contributed by atoms with Crippen LogP contribution in [-0.2, 0) is 7.05 Å². The van der Waals surface area contributed by atoms with Crippen LogP contribution in [0.4, 0.5) is 5.82 Å². The first-order chi connectivity index (χ1) is 6.40. The maximum Gasteiger partial charge on any atom is 0.293 e. The van der Waals surface area contributed by atoms with Gasteiger partial charge in [0.2, 0.25) is 0 Å². The maximum absolute atomic E-state index is 11.5. The number of hydrogen-bond donors (Lipinski definition) is 1. The zero-order chi connectivity index (χ0) is 10.8. The van der Waals surface area contributed by atoms with Crippen LogP contribution in [0.2, 0.25) is 0 Å². The third kappa shape index (κ3) is 2.87. The highest BCUT2D eigenvalue weighted by atomic mass is 16.1. The van der Waals surface area contributed by atoms with E-state index in [2.05, 4.69) is 31.1 Å². The molecule has 1 N–H and O–H groups in total. The molecule has 1 aromatic rings. The van der Waals surface area contributed by atoms with Crippen LogP contribution < -0.4 is 10.9 Å². The molecule has 78 valence electrons. The molecule has 0 unspecified atom stereocenters. The second-order valence-corrected chi connectivity index (χ2v) is 4.61. The van der Waals surface area contributed by atoms with Crippen molar-refractivity contribution in [3.05, 3.63) is 22.7 Å². The van der Waals surface area contributed by atoms with E-state index in [-0.39, 0.29) is 11.0 Å². The van der Waals surface area contributed by atoms with Crippen LogP contribution in [0.3, 0.4) is 0 Å². The molecule has 1 rings (SSSR count). The molecule has 14 heavy (non-hydrogen) atoms. The van der Waals surface area contributed by atoms with E-state index in [1.54, 1.807) is 19.4 Å². The highest BCUT2D eigenvalue weighted by molar-refractivity contribution is 5.30. The molecular weight excluding hydrogens is 178 g/mol. The average molecular weight is 195 g/mol. The number of hydrogen-bond acceptors (Lipinski definition) is 3. The van der Waals surface area contributed by atoms with Gasteiger partial charge in [-0.1, -0.05) is 20.8 Å². The van der Waals surface area contributed by atoms with Crippen molar-refractivity contribution in [1.82, 2.24) is 9.55 Å². The summed E-state index contributed by atoms with van der Waals surface area (Å²) in [4.78, 5) is 15.5. The zero-order valence-corrected chi connectivity index (χ0v) is 9.16. The van der Waals surface area contributed by atoms with E-state index in [0.717, 1.165) is 6.54 Å². The lowest BCUT2D eigenvalue weighted by Gasteiger charge is -2.18. The fourth-order valence-electron chi connectivity index (χ4n) is 0.968. The molecule has 4 nitrogen and oxygen atoms in total. The summed E-state index contributed by atoms with van der Waals surface area (Å²) in [5, 5.41) is 3.05. The molecule has 0 atom stereocenters. The topological polar surface area (TPSA) is 46.9 Å². The van der Waals surface area contributed by atoms with Crippen molar-refractivity contribution in [2.24, 2.45) is 12.5 Å². The minimum atomic E-state index is -0.0863. The molecule has 0 fully saturated rings. The van der Waals surface area contributed by atoms with E-state index < -0.39 is 0 Å². The van der Waals surface area contributed by atoms with Crippen molar-refractivity contribution >= 4 is 5.82 Å². The number of rotatable bonds is 2. The predicted octanol–water partition coefficient (Wildman–Crippen LogP) is 1.24. The number of nitrogens with zero attached hydrogens (tertiary/aromatic N) is 2. The van der Waals surface area contributed by atoms with E-state index in [9.17, 15) is 4.79 Å². The summed E-state index contributed by atoms with van der Waals surface area (Å²) in [5.74, 6) is 0.421. The number of aromatic nitrogens is 2. The molecule has 0 amide bonds. The zero-order valence-electron chi connectivity index (χ0n) is 9.16. The van der Waals surface area contributed by atoms with Crippen molar-refractivity contribution in [3.63, 3.8) is 0 Å². The lowest BCUT2D eigenvalue weighted by molar-refractivity contribution is 0.442. The molecule has 0 saturated heterocycles. The first-order valence-corrected chi connectivity index (χ1v) is 4.66. The van der Waals surface area contributed by atoms with E-state index in [1.165, 1.54) is 4.57 Å². The Balaban J connectivity index is 2.78. The van der Waals surface area contributed by atoms with Gasteiger partial charge in [0.1, 0.15) is 0 Å². The van der Waals surface area contributed by atoms with Crippen molar-refractivity contribution in [3.8, 4) is 0 Å². The Hall–Kier alpha value is -1.32. The van der Waals surface area contributed by atoms with E-state index in [0.29, 0.717) is 5.82 Å². The number of aryl methyl sites for hydroxylation is 1. The van der Waals surface area contributed by atoms with Crippen LogP contribution in [0.1, 0.15) is 20.8 Å². The molecule has 0 spiro atoms. The van der Waals surface area contributed by atoms with Crippen LogP contribution in [0.5, 0.6) is 0 Å². The molecule has 0 aliphatic carbocycles. The Morgan fingerprint density at radius 1 is 1.50 bits per heavy atom. The van der Waals surface area contributed by atoms with Gasteiger partial charge < -0.3 is 9.88 Å². The summed E-state index contributed by atoms with van der Waals surface area (Å²) in [6.07, 6.45) is 3.26. The normalized spacial score (nSPS) is 11.4. The van der Waals surface area contributed by atoms with E-state index in [1.807, 2.05) is 0 Å². The molecule has 0 aliphatic heterocycles. The fraction of sp³-hybridized carbons (Fsp3) is 0.600. The van der Waals surface area contributed by atoms with Gasteiger partial charge in [-0.15, -0.1) is 0 Å². The van der Waals surface area contributed by atoms with E-state index in [4.69, 9.17) is 0 Å². The van der Waals surface area contributed by atoms with E-state index >= 15 is 0 Å². The Morgan fingerprint density at radius 3 is 2.71 bits per heavy atom. The summed E-state index contributed by atoms with van der Waals surface area (Å²) < 4.78 is 1.51. The molecule has 0 bridgehead atoms. The van der Waals surface area contributed by atoms with Gasteiger partial charge in [0.15, 0.2) is 5.82 Å². The van der Waals surface area contributed by atoms with Gasteiger partial charge in [-0.25, -0.2) is 4.98 Å². The largest absolute Gasteiger partial charge is 0.365 e. The molecule has 4 heteroatoms. The first kappa shape index (κ1) is 10.8. The first-order valence-electron chi connectivity index (χ1n) is 4.66. The Bertz CT molecular complexity index is 362. The van der Waals surface area contributed by atoms with Crippen LogP contribution in [0, 0.1) is 5.41 Å². The standard InChI is InChI=1S/C10H17N3O/c1-10(2,3)7-12-8-9(14)13(4)6-5-11-8/h5-6H,7H2,1-4H3,(H,11,12). The van der Waals surface area contributed by atoms with Crippen molar-refractivity contribution in [1.29, 1.82) is 0 Å².